The second kappa shape index (κ2) is 9.55. The van der Waals surface area contributed by atoms with Crippen molar-refractivity contribution in [1.29, 1.82) is 0 Å². The van der Waals surface area contributed by atoms with Gasteiger partial charge < -0.3 is 9.84 Å². The SMILES string of the molecule is CCCCc1ccc(-n2nnnc2SCCOCCO)cc1. The lowest BCUT2D eigenvalue weighted by molar-refractivity contribution is 0.103. The Balaban J connectivity index is 1.93. The lowest BCUT2D eigenvalue weighted by atomic mass is 10.1. The highest BCUT2D eigenvalue weighted by Gasteiger charge is 2.08. The number of aliphatic hydroxyl groups is 1. The summed E-state index contributed by atoms with van der Waals surface area (Å²) in [6.45, 7) is 3.18. The molecule has 0 aliphatic rings. The Labute approximate surface area is 134 Å². The summed E-state index contributed by atoms with van der Waals surface area (Å²) in [4.78, 5) is 0. The number of aromatic nitrogens is 4. The molecular formula is C15H22N4O2S. The third-order valence-electron chi connectivity index (χ3n) is 3.14. The number of nitrogens with zero attached hydrogens (tertiary/aromatic N) is 4. The fraction of sp³-hybridized carbons (Fsp3) is 0.533. The van der Waals surface area contributed by atoms with Gasteiger partial charge in [-0.2, -0.15) is 4.68 Å². The summed E-state index contributed by atoms with van der Waals surface area (Å²) >= 11 is 1.54. The number of thioether (sulfide) groups is 1. The van der Waals surface area contributed by atoms with Crippen LogP contribution in [0, 0.1) is 0 Å². The molecule has 6 nitrogen and oxygen atoms in total. The summed E-state index contributed by atoms with van der Waals surface area (Å²) < 4.78 is 6.97. The molecule has 0 unspecified atom stereocenters. The number of hydrogen-bond donors (Lipinski definition) is 1. The van der Waals surface area contributed by atoms with Gasteiger partial charge in [0.05, 0.1) is 25.5 Å². The Morgan fingerprint density at radius 3 is 2.77 bits per heavy atom. The molecule has 2 rings (SSSR count). The molecule has 0 atom stereocenters. The van der Waals surface area contributed by atoms with E-state index in [-0.39, 0.29) is 6.61 Å². The molecule has 1 heterocycles. The molecule has 0 bridgehead atoms. The van der Waals surface area contributed by atoms with Gasteiger partial charge in [-0.05, 0) is 41.0 Å². The number of hydrogen-bond acceptors (Lipinski definition) is 6. The Bertz CT molecular complexity index is 545. The quantitative estimate of drug-likeness (QED) is 0.533. The largest absolute Gasteiger partial charge is 0.394 e. The van der Waals surface area contributed by atoms with E-state index >= 15 is 0 Å². The van der Waals surface area contributed by atoms with Gasteiger partial charge in [0.1, 0.15) is 0 Å². The van der Waals surface area contributed by atoms with E-state index in [1.165, 1.54) is 30.2 Å². The van der Waals surface area contributed by atoms with Crippen LogP contribution in [0.5, 0.6) is 0 Å². The molecule has 0 spiro atoms. The van der Waals surface area contributed by atoms with Crippen LogP contribution in [-0.4, -0.2) is 50.9 Å². The second-order valence-corrected chi connectivity index (χ2v) is 5.89. The van der Waals surface area contributed by atoms with Crippen LogP contribution in [0.4, 0.5) is 0 Å². The van der Waals surface area contributed by atoms with Crippen molar-refractivity contribution < 1.29 is 9.84 Å². The summed E-state index contributed by atoms with van der Waals surface area (Å²) in [5.74, 6) is 0.745. The number of ether oxygens (including phenoxy) is 1. The van der Waals surface area contributed by atoms with Crippen LogP contribution >= 0.6 is 11.8 Å². The van der Waals surface area contributed by atoms with Crippen LogP contribution in [0.2, 0.25) is 0 Å². The zero-order chi connectivity index (χ0) is 15.6. The van der Waals surface area contributed by atoms with Crippen molar-refractivity contribution in [1.82, 2.24) is 20.2 Å². The average Bonchev–Trinajstić information content (AvgIpc) is 3.02. The molecule has 0 saturated heterocycles. The van der Waals surface area contributed by atoms with Crippen molar-refractivity contribution in [3.63, 3.8) is 0 Å². The number of unbranched alkanes of at least 4 members (excludes halogenated alkanes) is 1. The summed E-state index contributed by atoms with van der Waals surface area (Å²) in [7, 11) is 0. The molecule has 0 amide bonds. The molecular weight excluding hydrogens is 300 g/mol. The topological polar surface area (TPSA) is 73.1 Å². The molecule has 1 N–H and O–H groups in total. The van der Waals surface area contributed by atoms with E-state index in [0.717, 1.165) is 23.0 Å². The molecule has 0 radical (unpaired) electrons. The first-order valence-corrected chi connectivity index (χ1v) is 8.52. The summed E-state index contributed by atoms with van der Waals surface area (Å²) in [5, 5.41) is 21.2. The van der Waals surface area contributed by atoms with Crippen LogP contribution in [0.1, 0.15) is 25.3 Å². The highest BCUT2D eigenvalue weighted by atomic mass is 32.2. The van der Waals surface area contributed by atoms with Crippen LogP contribution in [0.15, 0.2) is 29.4 Å². The lowest BCUT2D eigenvalue weighted by Gasteiger charge is -2.06. The Morgan fingerprint density at radius 1 is 1.23 bits per heavy atom. The van der Waals surface area contributed by atoms with Gasteiger partial charge in [0.2, 0.25) is 5.16 Å². The summed E-state index contributed by atoms with van der Waals surface area (Å²) in [6.07, 6.45) is 3.52. The lowest BCUT2D eigenvalue weighted by Crippen LogP contribution is -2.04. The van der Waals surface area contributed by atoms with E-state index in [2.05, 4.69) is 34.6 Å². The van der Waals surface area contributed by atoms with E-state index in [9.17, 15) is 0 Å². The molecule has 0 aliphatic heterocycles. The van der Waals surface area contributed by atoms with Crippen LogP contribution in [-0.2, 0) is 11.2 Å². The third-order valence-corrected chi connectivity index (χ3v) is 4.02. The van der Waals surface area contributed by atoms with Crippen LogP contribution in [0.3, 0.4) is 0 Å². The molecule has 120 valence electrons. The van der Waals surface area contributed by atoms with Gasteiger partial charge >= 0.3 is 0 Å². The number of aliphatic hydroxyl groups excluding tert-OH is 1. The van der Waals surface area contributed by atoms with Gasteiger partial charge in [0.25, 0.3) is 0 Å². The van der Waals surface area contributed by atoms with E-state index < -0.39 is 0 Å². The normalized spacial score (nSPS) is 11.0. The van der Waals surface area contributed by atoms with Gasteiger partial charge in [0.15, 0.2) is 0 Å². The first kappa shape index (κ1) is 16.9. The Hall–Kier alpha value is -1.44. The van der Waals surface area contributed by atoms with E-state index in [1.54, 1.807) is 4.68 Å². The van der Waals surface area contributed by atoms with Gasteiger partial charge in [-0.15, -0.1) is 5.10 Å². The minimum absolute atomic E-state index is 0.0484. The fourth-order valence-corrected chi connectivity index (χ4v) is 2.72. The van der Waals surface area contributed by atoms with Crippen molar-refractivity contribution in [3.8, 4) is 5.69 Å². The monoisotopic (exact) mass is 322 g/mol. The molecule has 0 fully saturated rings. The first-order chi connectivity index (χ1) is 10.8. The standard InChI is InChI=1S/C15H22N4O2S/c1-2-3-4-13-5-7-14(8-6-13)19-15(16-17-18-19)22-12-11-21-10-9-20/h5-8,20H,2-4,9-12H2,1H3. The highest BCUT2D eigenvalue weighted by molar-refractivity contribution is 7.99. The van der Waals surface area contributed by atoms with E-state index in [0.29, 0.717) is 13.2 Å². The minimum Gasteiger partial charge on any atom is -0.394 e. The second-order valence-electron chi connectivity index (χ2n) is 4.83. The summed E-state index contributed by atoms with van der Waals surface area (Å²) in [5.41, 5.74) is 2.30. The predicted octanol–water partition coefficient (Wildman–Crippen LogP) is 2.11. The maximum absolute atomic E-state index is 8.65. The smallest absolute Gasteiger partial charge is 0.214 e. The molecule has 2 aromatic rings. The maximum Gasteiger partial charge on any atom is 0.214 e. The molecule has 1 aromatic carbocycles. The van der Waals surface area contributed by atoms with Crippen molar-refractivity contribution in [2.24, 2.45) is 0 Å². The third kappa shape index (κ3) is 5.08. The zero-order valence-electron chi connectivity index (χ0n) is 12.8. The van der Waals surface area contributed by atoms with Crippen molar-refractivity contribution >= 4 is 11.8 Å². The van der Waals surface area contributed by atoms with E-state index in [1.807, 2.05) is 12.1 Å². The molecule has 1 aromatic heterocycles. The molecule has 7 heteroatoms. The van der Waals surface area contributed by atoms with Gasteiger partial charge in [-0.1, -0.05) is 37.2 Å². The minimum atomic E-state index is 0.0484. The van der Waals surface area contributed by atoms with Crippen LogP contribution < -0.4 is 0 Å². The number of aryl methyl sites for hydroxylation is 1. The molecule has 22 heavy (non-hydrogen) atoms. The highest BCUT2D eigenvalue weighted by Crippen LogP contribution is 2.18. The number of tetrazole rings is 1. The Morgan fingerprint density at radius 2 is 2.05 bits per heavy atom. The van der Waals surface area contributed by atoms with Crippen molar-refractivity contribution in [2.75, 3.05) is 25.6 Å². The molecule has 0 aliphatic carbocycles. The Kier molecular flexibility index (Phi) is 7.35. The average molecular weight is 322 g/mol. The van der Waals surface area contributed by atoms with E-state index in [4.69, 9.17) is 9.84 Å². The summed E-state index contributed by atoms with van der Waals surface area (Å²) in [6, 6.07) is 8.36. The van der Waals surface area contributed by atoms with Gasteiger partial charge in [-0.3, -0.25) is 0 Å². The zero-order valence-corrected chi connectivity index (χ0v) is 13.6. The first-order valence-electron chi connectivity index (χ1n) is 7.54. The number of rotatable bonds is 10. The maximum atomic E-state index is 8.65. The fourth-order valence-electron chi connectivity index (χ4n) is 1.97. The van der Waals surface area contributed by atoms with Crippen LogP contribution in [0.25, 0.3) is 5.69 Å². The molecule has 0 saturated carbocycles. The van der Waals surface area contributed by atoms with Crippen molar-refractivity contribution in [3.05, 3.63) is 29.8 Å². The van der Waals surface area contributed by atoms with Gasteiger partial charge in [0, 0.05) is 5.75 Å². The number of benzene rings is 1. The predicted molar refractivity (Wildman–Crippen MR) is 86.4 cm³/mol. The van der Waals surface area contributed by atoms with Crippen molar-refractivity contribution in [2.45, 2.75) is 31.3 Å². The van der Waals surface area contributed by atoms with Gasteiger partial charge in [-0.25, -0.2) is 0 Å².